The smallest absolute Gasteiger partial charge is 0.238 e. The Balaban J connectivity index is 1.29. The van der Waals surface area contributed by atoms with Crippen molar-refractivity contribution in [2.24, 2.45) is 0 Å². The molecule has 0 aliphatic rings. The first kappa shape index (κ1) is 23.3. The van der Waals surface area contributed by atoms with E-state index in [9.17, 15) is 0 Å². The molecular weight excluding hydrogens is 627 g/mol. The van der Waals surface area contributed by atoms with Gasteiger partial charge >= 0.3 is 0 Å². The second kappa shape index (κ2) is 10.7. The van der Waals surface area contributed by atoms with Gasteiger partial charge in [0.05, 0.1) is 28.9 Å². The lowest BCUT2D eigenvalue weighted by Gasteiger charge is -2.13. The summed E-state index contributed by atoms with van der Waals surface area (Å²) in [7, 11) is 0. The summed E-state index contributed by atoms with van der Waals surface area (Å²) in [5.74, 6) is 0.430. The Hall–Kier alpha value is -7.05. The van der Waals surface area contributed by atoms with E-state index in [1.807, 2.05) is 95.6 Å². The van der Waals surface area contributed by atoms with E-state index in [0.717, 1.165) is 65.7 Å². The molecule has 0 unspecified atom stereocenters. The van der Waals surface area contributed by atoms with Crippen LogP contribution in [0.2, 0.25) is 0 Å². The summed E-state index contributed by atoms with van der Waals surface area (Å²) in [4.78, 5) is 15.0. The van der Waals surface area contributed by atoms with Crippen molar-refractivity contribution >= 4 is 65.6 Å². The summed E-state index contributed by atoms with van der Waals surface area (Å²) in [6, 6.07) is 42.2. The number of hydrogen-bond donors (Lipinski definition) is 0. The van der Waals surface area contributed by atoms with Gasteiger partial charge < -0.3 is 8.98 Å². The molecule has 11 rings (SSSR count). The predicted octanol–water partition coefficient (Wildman–Crippen LogP) is 11.3. The first-order valence-electron chi connectivity index (χ1n) is 19.1. The SMILES string of the molecule is [2H]c1c([2H])c([2H])c(-c2nc(-c3ccc4c(c3)oc3ccccc34)nc(-n3c4ccccc4c4ccc5c6ccccc6n(-c6ccccc6)c5c43)n2)c([2H])c1[2H]. The monoisotopic (exact) mass is 658 g/mol. The van der Waals surface area contributed by atoms with E-state index in [0.29, 0.717) is 11.1 Å². The first-order chi connectivity index (χ1) is 27.4. The van der Waals surface area contributed by atoms with Gasteiger partial charge in [0, 0.05) is 49.1 Å². The van der Waals surface area contributed by atoms with Gasteiger partial charge in [0.25, 0.3) is 0 Å². The molecule has 0 aliphatic heterocycles. The molecule has 7 aromatic carbocycles. The summed E-state index contributed by atoms with van der Waals surface area (Å²) >= 11 is 0. The number of fused-ring (bicyclic) bond motifs is 10. The van der Waals surface area contributed by atoms with Gasteiger partial charge in [0.1, 0.15) is 11.2 Å². The highest BCUT2D eigenvalue weighted by Crippen LogP contribution is 2.41. The molecule has 4 aromatic heterocycles. The Morgan fingerprint density at radius 2 is 1.02 bits per heavy atom. The zero-order valence-corrected chi connectivity index (χ0v) is 26.8. The minimum Gasteiger partial charge on any atom is -0.456 e. The second-order valence-corrected chi connectivity index (χ2v) is 12.5. The van der Waals surface area contributed by atoms with Crippen LogP contribution in [0, 0.1) is 0 Å². The number of furan rings is 1. The minimum atomic E-state index is -0.493. The normalized spacial score (nSPS) is 13.3. The Bertz CT molecular complexity index is 3410. The maximum absolute atomic E-state index is 8.92. The summed E-state index contributed by atoms with van der Waals surface area (Å²) in [6.07, 6.45) is 0. The quantitative estimate of drug-likeness (QED) is 0.189. The molecule has 0 aliphatic carbocycles. The molecule has 0 atom stereocenters. The number of nitrogens with zero attached hydrogens (tertiary/aromatic N) is 5. The first-order valence-corrected chi connectivity index (χ1v) is 16.6. The van der Waals surface area contributed by atoms with Crippen LogP contribution in [-0.4, -0.2) is 24.1 Å². The third-order valence-corrected chi connectivity index (χ3v) is 9.67. The average Bonchev–Trinajstić information content (AvgIpc) is 3.90. The molecule has 0 saturated carbocycles. The summed E-state index contributed by atoms with van der Waals surface area (Å²) in [5.41, 5.74) is 6.53. The molecule has 0 N–H and O–H groups in total. The van der Waals surface area contributed by atoms with Crippen LogP contribution in [-0.2, 0) is 0 Å². The van der Waals surface area contributed by atoms with Crippen molar-refractivity contribution in [3.8, 4) is 34.4 Å². The molecule has 51 heavy (non-hydrogen) atoms. The van der Waals surface area contributed by atoms with Crippen molar-refractivity contribution in [1.82, 2.24) is 24.1 Å². The predicted molar refractivity (Wildman–Crippen MR) is 207 cm³/mol. The Morgan fingerprint density at radius 1 is 0.451 bits per heavy atom. The topological polar surface area (TPSA) is 61.7 Å². The molecule has 11 aromatic rings. The lowest BCUT2D eigenvalue weighted by molar-refractivity contribution is 0.669. The van der Waals surface area contributed by atoms with E-state index in [1.54, 1.807) is 0 Å². The molecule has 238 valence electrons. The van der Waals surface area contributed by atoms with Crippen LogP contribution in [0.1, 0.15) is 6.85 Å². The number of hydrogen-bond acceptors (Lipinski definition) is 4. The van der Waals surface area contributed by atoms with Gasteiger partial charge in [-0.2, -0.15) is 9.97 Å². The van der Waals surface area contributed by atoms with Crippen LogP contribution < -0.4 is 0 Å². The van der Waals surface area contributed by atoms with Crippen LogP contribution in [0.3, 0.4) is 0 Å². The van der Waals surface area contributed by atoms with Gasteiger partial charge in [0.2, 0.25) is 5.95 Å². The van der Waals surface area contributed by atoms with Gasteiger partial charge in [-0.3, -0.25) is 4.57 Å². The van der Waals surface area contributed by atoms with Crippen molar-refractivity contribution in [2.45, 2.75) is 0 Å². The highest BCUT2D eigenvalue weighted by Gasteiger charge is 2.23. The summed E-state index contributed by atoms with van der Waals surface area (Å²) in [5, 5.41) is 5.99. The summed E-state index contributed by atoms with van der Waals surface area (Å²) in [6.45, 7) is 0. The van der Waals surface area contributed by atoms with Crippen LogP contribution in [0.25, 0.3) is 100.0 Å². The van der Waals surface area contributed by atoms with E-state index >= 15 is 0 Å². The fraction of sp³-hybridized carbons (Fsp3) is 0. The van der Waals surface area contributed by atoms with Crippen LogP contribution in [0.15, 0.2) is 168 Å². The van der Waals surface area contributed by atoms with Gasteiger partial charge in [0.15, 0.2) is 11.6 Å². The lowest BCUT2D eigenvalue weighted by Crippen LogP contribution is -2.07. The van der Waals surface area contributed by atoms with Crippen molar-refractivity contribution in [3.63, 3.8) is 0 Å². The van der Waals surface area contributed by atoms with Crippen molar-refractivity contribution in [3.05, 3.63) is 164 Å². The number of rotatable bonds is 4. The lowest BCUT2D eigenvalue weighted by atomic mass is 10.1. The van der Waals surface area contributed by atoms with Crippen LogP contribution in [0.5, 0.6) is 0 Å². The summed E-state index contributed by atoms with van der Waals surface area (Å²) < 4.78 is 53.7. The Labute approximate surface area is 298 Å². The zero-order valence-electron chi connectivity index (χ0n) is 31.8. The van der Waals surface area contributed by atoms with Crippen molar-refractivity contribution in [2.75, 3.05) is 0 Å². The third-order valence-electron chi connectivity index (χ3n) is 9.67. The van der Waals surface area contributed by atoms with Crippen molar-refractivity contribution in [1.29, 1.82) is 0 Å². The molecular formula is C45H27N5O. The molecule has 0 spiro atoms. The highest BCUT2D eigenvalue weighted by molar-refractivity contribution is 6.23. The van der Waals surface area contributed by atoms with E-state index in [2.05, 4.69) is 47.0 Å². The van der Waals surface area contributed by atoms with Crippen molar-refractivity contribution < 1.29 is 11.3 Å². The van der Waals surface area contributed by atoms with E-state index in [-0.39, 0.29) is 23.2 Å². The van der Waals surface area contributed by atoms with Gasteiger partial charge in [-0.15, -0.1) is 0 Å². The molecule has 0 saturated heterocycles. The Kier molecular flexibility index (Phi) is 4.91. The average molecular weight is 659 g/mol. The number of para-hydroxylation sites is 4. The molecule has 0 bridgehead atoms. The molecule has 0 fully saturated rings. The molecule has 6 nitrogen and oxygen atoms in total. The van der Waals surface area contributed by atoms with Gasteiger partial charge in [-0.25, -0.2) is 4.98 Å². The minimum absolute atomic E-state index is 0.0478. The van der Waals surface area contributed by atoms with Gasteiger partial charge in [-0.1, -0.05) is 121 Å². The fourth-order valence-corrected chi connectivity index (χ4v) is 7.49. The maximum atomic E-state index is 8.92. The molecule has 6 heteroatoms. The molecule has 4 heterocycles. The fourth-order valence-electron chi connectivity index (χ4n) is 7.49. The number of aromatic nitrogens is 5. The van der Waals surface area contributed by atoms with E-state index < -0.39 is 30.2 Å². The largest absolute Gasteiger partial charge is 0.456 e. The van der Waals surface area contributed by atoms with E-state index in [4.69, 9.17) is 26.2 Å². The molecule has 0 radical (unpaired) electrons. The third kappa shape index (κ3) is 4.14. The van der Waals surface area contributed by atoms with Crippen LogP contribution >= 0.6 is 0 Å². The standard InChI is InChI=1S/C45H27N5O/c1-3-13-28(14-4-1)43-46-44(29-23-24-34-33-19-9-12-22-39(33)51-40(34)27-29)48-45(47-43)50-38-21-11-8-18-32(38)36-26-25-35-31-17-7-10-20-37(31)49(41(35)42(36)50)30-15-5-2-6-16-30/h1-27H/i1D,3D,4D,13D,14D. The van der Waals surface area contributed by atoms with E-state index in [1.165, 1.54) is 0 Å². The maximum Gasteiger partial charge on any atom is 0.238 e. The zero-order chi connectivity index (χ0) is 37.8. The second-order valence-electron chi connectivity index (χ2n) is 12.5. The number of benzene rings is 7. The highest BCUT2D eigenvalue weighted by atomic mass is 16.3. The molecule has 0 amide bonds. The van der Waals surface area contributed by atoms with Gasteiger partial charge in [-0.05, 0) is 42.5 Å². The van der Waals surface area contributed by atoms with Crippen LogP contribution in [0.4, 0.5) is 0 Å². The Morgan fingerprint density at radius 3 is 1.76 bits per heavy atom.